The molecule has 0 saturated carbocycles. The Bertz CT molecular complexity index is 3980. The summed E-state index contributed by atoms with van der Waals surface area (Å²) in [5.41, 5.74) is 8.72. The van der Waals surface area contributed by atoms with Crippen LogP contribution in [0.5, 0.6) is 0 Å². The molecule has 0 bridgehead atoms. The first-order valence-corrected chi connectivity index (χ1v) is 21.3. The van der Waals surface area contributed by atoms with E-state index < -0.39 is 0 Å². The lowest BCUT2D eigenvalue weighted by molar-refractivity contribution is 0.669. The molecule has 4 heteroatoms. The fraction of sp³-hybridized carbons (Fsp3) is 0. The number of furan rings is 1. The molecule has 11 aromatic carbocycles. The first-order chi connectivity index (χ1) is 31.2. The van der Waals surface area contributed by atoms with Crippen LogP contribution in [0.3, 0.4) is 0 Å². The molecular weight excluding hydrogens is 767 g/mol. The molecule has 0 atom stereocenters. The van der Waals surface area contributed by atoms with Crippen LogP contribution in [-0.4, -0.2) is 15.0 Å². The smallest absolute Gasteiger partial charge is 0.167 e. The first kappa shape index (κ1) is 35.3. The van der Waals surface area contributed by atoms with Gasteiger partial charge in [-0.05, 0) is 100 Å². The fourth-order valence-corrected chi connectivity index (χ4v) is 9.77. The van der Waals surface area contributed by atoms with Gasteiger partial charge in [-0.2, -0.15) is 0 Å². The van der Waals surface area contributed by atoms with Gasteiger partial charge < -0.3 is 4.42 Å². The molecule has 4 nitrogen and oxygen atoms in total. The molecule has 0 fully saturated rings. The minimum atomic E-state index is 0.548. The molecule has 2 aromatic heterocycles. The first-order valence-electron chi connectivity index (χ1n) is 21.3. The highest BCUT2D eigenvalue weighted by atomic mass is 16.3. The molecule has 0 unspecified atom stereocenters. The van der Waals surface area contributed by atoms with Crippen molar-refractivity contribution in [2.75, 3.05) is 0 Å². The Morgan fingerprint density at radius 1 is 0.270 bits per heavy atom. The van der Waals surface area contributed by atoms with Gasteiger partial charge in [-0.15, -0.1) is 0 Å². The van der Waals surface area contributed by atoms with E-state index in [0.29, 0.717) is 17.5 Å². The predicted molar refractivity (Wildman–Crippen MR) is 262 cm³/mol. The SMILES string of the molecule is c1ccc2c(-c3nc(-c4ccc(-c5cc6ccccc6c6ccccc56)cc4)nc(-c4cccc5c4oc4ccccc45)n3)c(-c3cc4ccccc4c4ccccc34)ccc2c1. The van der Waals surface area contributed by atoms with Crippen molar-refractivity contribution < 1.29 is 4.42 Å². The maximum absolute atomic E-state index is 6.61. The summed E-state index contributed by atoms with van der Waals surface area (Å²) in [4.78, 5) is 16.2. The summed E-state index contributed by atoms with van der Waals surface area (Å²) in [5, 5.41) is 14.0. The number of rotatable bonds is 5. The number of para-hydroxylation sites is 2. The normalized spacial score (nSPS) is 11.8. The molecule has 0 spiro atoms. The van der Waals surface area contributed by atoms with Gasteiger partial charge in [0, 0.05) is 21.9 Å². The molecule has 0 saturated heterocycles. The summed E-state index contributed by atoms with van der Waals surface area (Å²) in [6.07, 6.45) is 0. The third kappa shape index (κ3) is 5.66. The summed E-state index contributed by atoms with van der Waals surface area (Å²) in [5.74, 6) is 1.73. The number of aromatic nitrogens is 3. The van der Waals surface area contributed by atoms with Gasteiger partial charge in [-0.1, -0.05) is 188 Å². The van der Waals surface area contributed by atoms with E-state index in [1.54, 1.807) is 0 Å². The van der Waals surface area contributed by atoms with Crippen molar-refractivity contribution in [3.05, 3.63) is 212 Å². The van der Waals surface area contributed by atoms with Crippen molar-refractivity contribution in [2.45, 2.75) is 0 Å². The number of hydrogen-bond donors (Lipinski definition) is 0. The van der Waals surface area contributed by atoms with Crippen molar-refractivity contribution in [3.8, 4) is 56.4 Å². The molecule has 0 aliphatic carbocycles. The van der Waals surface area contributed by atoms with Crippen LogP contribution in [0.4, 0.5) is 0 Å². The highest BCUT2D eigenvalue weighted by molar-refractivity contribution is 6.17. The van der Waals surface area contributed by atoms with E-state index in [-0.39, 0.29) is 0 Å². The summed E-state index contributed by atoms with van der Waals surface area (Å²) >= 11 is 0. The van der Waals surface area contributed by atoms with Crippen LogP contribution in [-0.2, 0) is 0 Å². The third-order valence-electron chi connectivity index (χ3n) is 12.7. The number of nitrogens with zero attached hydrogens (tertiary/aromatic N) is 3. The lowest BCUT2D eigenvalue weighted by Crippen LogP contribution is -2.02. The van der Waals surface area contributed by atoms with Crippen LogP contribution in [0, 0.1) is 0 Å². The van der Waals surface area contributed by atoms with Gasteiger partial charge in [0.15, 0.2) is 17.5 Å². The minimum Gasteiger partial charge on any atom is -0.455 e. The van der Waals surface area contributed by atoms with Gasteiger partial charge in [0.2, 0.25) is 0 Å². The lowest BCUT2D eigenvalue weighted by Gasteiger charge is -2.17. The van der Waals surface area contributed by atoms with Crippen molar-refractivity contribution in [1.82, 2.24) is 15.0 Å². The molecule has 13 aromatic rings. The molecule has 0 radical (unpaired) electrons. The number of fused-ring (bicyclic) bond motifs is 10. The number of hydrogen-bond acceptors (Lipinski definition) is 4. The summed E-state index contributed by atoms with van der Waals surface area (Å²) < 4.78 is 6.61. The molecule has 0 amide bonds. The Hall–Kier alpha value is -8.47. The zero-order valence-corrected chi connectivity index (χ0v) is 34.0. The molecule has 2 heterocycles. The largest absolute Gasteiger partial charge is 0.455 e. The Morgan fingerprint density at radius 3 is 1.49 bits per heavy atom. The highest BCUT2D eigenvalue weighted by Crippen LogP contribution is 2.44. The summed E-state index contributed by atoms with van der Waals surface area (Å²) in [6.45, 7) is 0. The zero-order valence-electron chi connectivity index (χ0n) is 34.0. The van der Waals surface area contributed by atoms with E-state index in [9.17, 15) is 0 Å². The standard InChI is InChI=1S/C59H35N3O/c1-6-19-43-36(14-1)32-33-49(53-35-40-16-3-5-18-42(40)45-21-8-10-23-47(45)53)55(43)59-61-57(60-58(62-59)51-26-13-25-50-48-24-11-12-27-54(48)63-56(50)51)38-30-28-37(29-31-38)52-34-39-15-2-4-17-41(39)44-20-7-9-22-46(44)52/h1-35H. The van der Waals surface area contributed by atoms with Gasteiger partial charge in [0.1, 0.15) is 11.2 Å². The average Bonchev–Trinajstić information content (AvgIpc) is 3.74. The predicted octanol–water partition coefficient (Wildman–Crippen LogP) is 15.9. The van der Waals surface area contributed by atoms with Crippen molar-refractivity contribution in [1.29, 1.82) is 0 Å². The third-order valence-corrected chi connectivity index (χ3v) is 12.7. The van der Waals surface area contributed by atoms with Gasteiger partial charge >= 0.3 is 0 Å². The van der Waals surface area contributed by atoms with E-state index in [2.05, 4.69) is 194 Å². The molecule has 63 heavy (non-hydrogen) atoms. The summed E-state index contributed by atoms with van der Waals surface area (Å²) in [7, 11) is 0. The quantitative estimate of drug-likeness (QED) is 0.163. The fourth-order valence-electron chi connectivity index (χ4n) is 9.77. The van der Waals surface area contributed by atoms with Crippen LogP contribution in [0.25, 0.3) is 132 Å². The van der Waals surface area contributed by atoms with E-state index in [1.165, 1.54) is 48.7 Å². The van der Waals surface area contributed by atoms with E-state index in [1.807, 2.05) is 18.2 Å². The monoisotopic (exact) mass is 801 g/mol. The molecular formula is C59H35N3O. The molecule has 0 N–H and O–H groups in total. The van der Waals surface area contributed by atoms with Crippen LogP contribution in [0.15, 0.2) is 217 Å². The zero-order chi connectivity index (χ0) is 41.4. The van der Waals surface area contributed by atoms with E-state index in [0.717, 1.165) is 66.1 Å². The Kier molecular flexibility index (Phi) is 7.87. The van der Waals surface area contributed by atoms with Crippen molar-refractivity contribution in [2.24, 2.45) is 0 Å². The number of benzene rings is 11. The molecule has 13 rings (SSSR count). The maximum Gasteiger partial charge on any atom is 0.167 e. The second-order valence-corrected chi connectivity index (χ2v) is 16.3. The van der Waals surface area contributed by atoms with E-state index in [4.69, 9.17) is 19.4 Å². The highest BCUT2D eigenvalue weighted by Gasteiger charge is 2.22. The van der Waals surface area contributed by atoms with Crippen molar-refractivity contribution in [3.63, 3.8) is 0 Å². The van der Waals surface area contributed by atoms with Gasteiger partial charge in [0.05, 0.1) is 5.56 Å². The Balaban J connectivity index is 1.07. The Labute approximate surface area is 362 Å². The van der Waals surface area contributed by atoms with Gasteiger partial charge in [0.25, 0.3) is 0 Å². The van der Waals surface area contributed by atoms with Gasteiger partial charge in [-0.3, -0.25) is 0 Å². The van der Waals surface area contributed by atoms with Gasteiger partial charge in [-0.25, -0.2) is 15.0 Å². The Morgan fingerprint density at radius 2 is 0.778 bits per heavy atom. The average molecular weight is 802 g/mol. The van der Waals surface area contributed by atoms with Crippen LogP contribution < -0.4 is 0 Å². The molecule has 0 aliphatic rings. The van der Waals surface area contributed by atoms with Crippen molar-refractivity contribution >= 4 is 75.8 Å². The van der Waals surface area contributed by atoms with Crippen LogP contribution >= 0.6 is 0 Å². The lowest BCUT2D eigenvalue weighted by atomic mass is 9.88. The second kappa shape index (κ2) is 14.1. The maximum atomic E-state index is 6.61. The minimum absolute atomic E-state index is 0.548. The summed E-state index contributed by atoms with van der Waals surface area (Å²) in [6, 6.07) is 75.3. The topological polar surface area (TPSA) is 51.8 Å². The molecule has 292 valence electrons. The van der Waals surface area contributed by atoms with Crippen LogP contribution in [0.2, 0.25) is 0 Å². The van der Waals surface area contributed by atoms with E-state index >= 15 is 0 Å². The molecule has 0 aliphatic heterocycles. The van der Waals surface area contributed by atoms with Crippen LogP contribution in [0.1, 0.15) is 0 Å². The second-order valence-electron chi connectivity index (χ2n) is 16.3.